The molecular weight excluding hydrogens is 235 g/mol. The van der Waals surface area contributed by atoms with Gasteiger partial charge in [-0.2, -0.15) is 0 Å². The molecule has 5 heteroatoms. The third-order valence-electron chi connectivity index (χ3n) is 2.91. The number of rotatable bonds is 4. The Morgan fingerprint density at radius 1 is 1.50 bits per heavy atom. The van der Waals surface area contributed by atoms with Gasteiger partial charge in [0.25, 0.3) is 5.91 Å². The zero-order chi connectivity index (χ0) is 13.1. The normalized spacial score (nSPS) is 10.8. The molecule has 0 aliphatic heterocycles. The predicted octanol–water partition coefficient (Wildman–Crippen LogP) is 1.76. The summed E-state index contributed by atoms with van der Waals surface area (Å²) in [5.74, 6) is -0.504. The fourth-order valence-electron chi connectivity index (χ4n) is 1.97. The largest absolute Gasteiger partial charge is 0.395 e. The molecule has 4 nitrogen and oxygen atoms in total. The molecule has 1 aromatic heterocycles. The van der Waals surface area contributed by atoms with Crippen LogP contribution in [0, 0.1) is 5.82 Å². The molecule has 0 aliphatic carbocycles. The van der Waals surface area contributed by atoms with Crippen molar-refractivity contribution in [2.75, 3.05) is 19.7 Å². The number of hydrogen-bond donors (Lipinski definition) is 2. The average Bonchev–Trinajstić information content (AvgIpc) is 2.77. The first-order chi connectivity index (χ1) is 8.67. The van der Waals surface area contributed by atoms with Crippen molar-refractivity contribution >= 4 is 16.8 Å². The van der Waals surface area contributed by atoms with Gasteiger partial charge in [-0.1, -0.05) is 0 Å². The molecule has 1 aromatic carbocycles. The fourth-order valence-corrected chi connectivity index (χ4v) is 1.97. The molecule has 1 amide bonds. The van der Waals surface area contributed by atoms with Gasteiger partial charge in [-0.25, -0.2) is 4.39 Å². The average molecular weight is 250 g/mol. The summed E-state index contributed by atoms with van der Waals surface area (Å²) in [5, 5.41) is 9.60. The van der Waals surface area contributed by atoms with E-state index in [0.29, 0.717) is 29.6 Å². The molecule has 0 saturated heterocycles. The Balaban J connectivity index is 2.38. The van der Waals surface area contributed by atoms with E-state index in [1.807, 2.05) is 6.92 Å². The summed E-state index contributed by atoms with van der Waals surface area (Å²) in [6.07, 6.45) is 1.58. The van der Waals surface area contributed by atoms with Crippen molar-refractivity contribution in [2.24, 2.45) is 0 Å². The molecule has 2 aromatic rings. The lowest BCUT2D eigenvalue weighted by Gasteiger charge is -2.19. The number of aromatic nitrogens is 1. The van der Waals surface area contributed by atoms with Crippen LogP contribution >= 0.6 is 0 Å². The summed E-state index contributed by atoms with van der Waals surface area (Å²) in [6, 6.07) is 4.27. The third kappa shape index (κ3) is 2.22. The molecule has 0 fully saturated rings. The number of halogens is 1. The minimum absolute atomic E-state index is 0.0729. The number of aliphatic hydroxyl groups excluding tert-OH is 1. The Bertz CT molecular complexity index is 565. The van der Waals surface area contributed by atoms with Gasteiger partial charge < -0.3 is 15.0 Å². The zero-order valence-corrected chi connectivity index (χ0v) is 10.1. The molecule has 0 radical (unpaired) electrons. The molecule has 0 bridgehead atoms. The minimum Gasteiger partial charge on any atom is -0.395 e. The van der Waals surface area contributed by atoms with Crippen LogP contribution in [-0.4, -0.2) is 40.6 Å². The van der Waals surface area contributed by atoms with Crippen molar-refractivity contribution in [2.45, 2.75) is 6.92 Å². The van der Waals surface area contributed by atoms with Crippen LogP contribution in [0.4, 0.5) is 4.39 Å². The number of benzene rings is 1. The maximum absolute atomic E-state index is 13.0. The van der Waals surface area contributed by atoms with Crippen molar-refractivity contribution < 1.29 is 14.3 Å². The number of aromatic amines is 1. The van der Waals surface area contributed by atoms with Crippen LogP contribution < -0.4 is 0 Å². The highest BCUT2D eigenvalue weighted by Gasteiger charge is 2.17. The second kappa shape index (κ2) is 5.18. The highest BCUT2D eigenvalue weighted by molar-refractivity contribution is 6.06. The van der Waals surface area contributed by atoms with E-state index in [2.05, 4.69) is 4.98 Å². The molecule has 0 spiro atoms. The van der Waals surface area contributed by atoms with Gasteiger partial charge in [0.05, 0.1) is 12.2 Å². The number of nitrogens with one attached hydrogen (secondary N) is 1. The second-order valence-corrected chi connectivity index (χ2v) is 4.00. The molecule has 0 saturated carbocycles. The molecule has 0 unspecified atom stereocenters. The first-order valence-electron chi connectivity index (χ1n) is 5.84. The number of H-pyrrole nitrogens is 1. The molecule has 18 heavy (non-hydrogen) atoms. The van der Waals surface area contributed by atoms with Gasteiger partial charge in [0.1, 0.15) is 5.82 Å². The maximum Gasteiger partial charge on any atom is 0.256 e. The third-order valence-corrected chi connectivity index (χ3v) is 2.91. The van der Waals surface area contributed by atoms with Crippen LogP contribution in [0.1, 0.15) is 17.3 Å². The SMILES string of the molecule is CCN(CCO)C(=O)c1c[nH]c2cc(F)ccc12. The molecule has 1 heterocycles. The maximum atomic E-state index is 13.0. The van der Waals surface area contributed by atoms with Crippen LogP contribution in [0.5, 0.6) is 0 Å². The standard InChI is InChI=1S/C13H15FN2O2/c1-2-16(5-6-17)13(18)11-8-15-12-7-9(14)3-4-10(11)12/h3-4,7-8,15,17H,2,5-6H2,1H3. The Labute approximate surface area is 104 Å². The lowest BCUT2D eigenvalue weighted by molar-refractivity contribution is 0.0734. The summed E-state index contributed by atoms with van der Waals surface area (Å²) in [4.78, 5) is 16.7. The van der Waals surface area contributed by atoms with E-state index >= 15 is 0 Å². The van der Waals surface area contributed by atoms with E-state index in [9.17, 15) is 9.18 Å². The Morgan fingerprint density at radius 3 is 2.94 bits per heavy atom. The van der Waals surface area contributed by atoms with Gasteiger partial charge in [0, 0.05) is 30.2 Å². The molecule has 0 atom stereocenters. The number of likely N-dealkylation sites (N-methyl/N-ethyl adjacent to an activating group) is 1. The van der Waals surface area contributed by atoms with Crippen LogP contribution in [0.15, 0.2) is 24.4 Å². The molecule has 2 N–H and O–H groups in total. The summed E-state index contributed by atoms with van der Waals surface area (Å²) >= 11 is 0. The van der Waals surface area contributed by atoms with Crippen LogP contribution in [0.3, 0.4) is 0 Å². The monoisotopic (exact) mass is 250 g/mol. The highest BCUT2D eigenvalue weighted by Crippen LogP contribution is 2.20. The van der Waals surface area contributed by atoms with E-state index in [4.69, 9.17) is 5.11 Å². The number of nitrogens with zero attached hydrogens (tertiary/aromatic N) is 1. The van der Waals surface area contributed by atoms with Gasteiger partial charge >= 0.3 is 0 Å². The van der Waals surface area contributed by atoms with Crippen LogP contribution in [0.25, 0.3) is 10.9 Å². The smallest absolute Gasteiger partial charge is 0.256 e. The zero-order valence-electron chi connectivity index (χ0n) is 10.1. The van der Waals surface area contributed by atoms with Crippen molar-refractivity contribution in [1.82, 2.24) is 9.88 Å². The number of aliphatic hydroxyl groups is 1. The van der Waals surface area contributed by atoms with Crippen LogP contribution in [-0.2, 0) is 0 Å². The number of amides is 1. The second-order valence-electron chi connectivity index (χ2n) is 4.00. The van der Waals surface area contributed by atoms with Gasteiger partial charge in [-0.3, -0.25) is 4.79 Å². The van der Waals surface area contributed by atoms with Crippen LogP contribution in [0.2, 0.25) is 0 Å². The van der Waals surface area contributed by atoms with Gasteiger partial charge in [-0.05, 0) is 25.1 Å². The Kier molecular flexibility index (Phi) is 3.62. The molecular formula is C13H15FN2O2. The molecule has 2 rings (SSSR count). The van der Waals surface area contributed by atoms with Gasteiger partial charge in [-0.15, -0.1) is 0 Å². The summed E-state index contributed by atoms with van der Waals surface area (Å²) in [6.45, 7) is 2.59. The molecule has 96 valence electrons. The first kappa shape index (κ1) is 12.6. The first-order valence-corrected chi connectivity index (χ1v) is 5.84. The van der Waals surface area contributed by atoms with E-state index in [1.54, 1.807) is 17.2 Å². The van der Waals surface area contributed by atoms with Crippen molar-refractivity contribution in [1.29, 1.82) is 0 Å². The summed E-state index contributed by atoms with van der Waals surface area (Å²) in [7, 11) is 0. The summed E-state index contributed by atoms with van der Waals surface area (Å²) < 4.78 is 13.0. The van der Waals surface area contributed by atoms with Crippen molar-refractivity contribution in [3.05, 3.63) is 35.8 Å². The Hall–Kier alpha value is -1.88. The van der Waals surface area contributed by atoms with E-state index in [-0.39, 0.29) is 18.3 Å². The minimum atomic E-state index is -0.342. The topological polar surface area (TPSA) is 56.3 Å². The fraction of sp³-hybridized carbons (Fsp3) is 0.308. The molecule has 0 aliphatic rings. The van der Waals surface area contributed by atoms with Crippen molar-refractivity contribution in [3.63, 3.8) is 0 Å². The number of carbonyl (C=O) groups is 1. The van der Waals surface area contributed by atoms with Gasteiger partial charge in [0.2, 0.25) is 0 Å². The summed E-state index contributed by atoms with van der Waals surface area (Å²) in [5.41, 5.74) is 1.10. The quantitative estimate of drug-likeness (QED) is 0.868. The number of carbonyl (C=O) groups excluding carboxylic acids is 1. The predicted molar refractivity (Wildman–Crippen MR) is 66.9 cm³/mol. The van der Waals surface area contributed by atoms with E-state index < -0.39 is 0 Å². The lowest BCUT2D eigenvalue weighted by atomic mass is 10.1. The highest BCUT2D eigenvalue weighted by atomic mass is 19.1. The lowest BCUT2D eigenvalue weighted by Crippen LogP contribution is -2.33. The Morgan fingerprint density at radius 2 is 2.28 bits per heavy atom. The van der Waals surface area contributed by atoms with Crippen molar-refractivity contribution in [3.8, 4) is 0 Å². The van der Waals surface area contributed by atoms with E-state index in [0.717, 1.165) is 0 Å². The van der Waals surface area contributed by atoms with Gasteiger partial charge in [0.15, 0.2) is 0 Å². The van der Waals surface area contributed by atoms with E-state index in [1.165, 1.54) is 12.1 Å². The number of hydrogen-bond acceptors (Lipinski definition) is 2. The number of fused-ring (bicyclic) bond motifs is 1.